The lowest BCUT2D eigenvalue weighted by Crippen LogP contribution is -2.27. The van der Waals surface area contributed by atoms with Crippen LogP contribution < -0.4 is 10.9 Å². The minimum atomic E-state index is -0.220. The summed E-state index contributed by atoms with van der Waals surface area (Å²) in [5, 5.41) is 10.2. The molecule has 128 valence electrons. The predicted octanol–water partition coefficient (Wildman–Crippen LogP) is 2.37. The number of hydrogen-bond acceptors (Lipinski definition) is 3. The van der Waals surface area contributed by atoms with E-state index in [0.717, 1.165) is 24.9 Å². The summed E-state index contributed by atoms with van der Waals surface area (Å²) in [6, 6.07) is 0.271. The number of aromatic amines is 1. The van der Waals surface area contributed by atoms with Crippen LogP contribution in [0.5, 0.6) is 0 Å². The fourth-order valence-electron chi connectivity index (χ4n) is 4.01. The Kier molecular flexibility index (Phi) is 3.78. The molecule has 1 aliphatic carbocycles. The quantitative estimate of drug-likeness (QED) is 0.906. The van der Waals surface area contributed by atoms with Crippen molar-refractivity contribution in [2.45, 2.75) is 64.0 Å². The van der Waals surface area contributed by atoms with Crippen LogP contribution in [0.3, 0.4) is 0 Å². The number of rotatable bonds is 3. The Morgan fingerprint density at radius 2 is 2.04 bits per heavy atom. The fraction of sp³-hybridized carbons (Fsp3) is 0.588. The van der Waals surface area contributed by atoms with Crippen LogP contribution in [0.15, 0.2) is 17.2 Å². The van der Waals surface area contributed by atoms with Gasteiger partial charge in [0.25, 0.3) is 5.56 Å². The molecule has 1 atom stereocenters. The Labute approximate surface area is 140 Å². The number of H-pyrrole nitrogens is 1. The van der Waals surface area contributed by atoms with Crippen LogP contribution in [0.1, 0.15) is 68.5 Å². The molecule has 3 heterocycles. The molecule has 7 nitrogen and oxygen atoms in total. The molecule has 0 spiro atoms. The number of nitrogens with zero attached hydrogens (tertiary/aromatic N) is 3. The summed E-state index contributed by atoms with van der Waals surface area (Å²) >= 11 is 0. The van der Waals surface area contributed by atoms with Crippen molar-refractivity contribution in [2.24, 2.45) is 0 Å². The zero-order valence-corrected chi connectivity index (χ0v) is 13.9. The molecule has 0 bridgehead atoms. The van der Waals surface area contributed by atoms with E-state index in [0.29, 0.717) is 17.8 Å². The Balaban J connectivity index is 1.77. The van der Waals surface area contributed by atoms with Crippen LogP contribution in [-0.4, -0.2) is 25.5 Å². The smallest absolute Gasteiger partial charge is 0.270 e. The van der Waals surface area contributed by atoms with Gasteiger partial charge in [-0.15, -0.1) is 0 Å². The van der Waals surface area contributed by atoms with Crippen molar-refractivity contribution < 1.29 is 4.79 Å². The first-order valence-corrected chi connectivity index (χ1v) is 8.84. The van der Waals surface area contributed by atoms with Crippen LogP contribution in [0, 0.1) is 0 Å². The molecular weight excluding hydrogens is 306 g/mol. The highest BCUT2D eigenvalue weighted by molar-refractivity contribution is 5.94. The maximum Gasteiger partial charge on any atom is 0.270 e. The average molecular weight is 329 g/mol. The highest BCUT2D eigenvalue weighted by atomic mass is 16.2. The van der Waals surface area contributed by atoms with Gasteiger partial charge in [-0.1, -0.05) is 19.3 Å². The van der Waals surface area contributed by atoms with E-state index < -0.39 is 0 Å². The van der Waals surface area contributed by atoms with Gasteiger partial charge < -0.3 is 5.32 Å². The van der Waals surface area contributed by atoms with Crippen LogP contribution in [0.25, 0.3) is 0 Å². The van der Waals surface area contributed by atoms with E-state index in [1.54, 1.807) is 6.20 Å². The fourth-order valence-corrected chi connectivity index (χ4v) is 4.01. The Hall–Kier alpha value is -2.31. The average Bonchev–Trinajstić information content (AvgIpc) is 3.20. The van der Waals surface area contributed by atoms with Gasteiger partial charge in [-0.05, 0) is 25.3 Å². The number of carbonyl (C=O) groups is 1. The molecular formula is C17H23N5O2. The van der Waals surface area contributed by atoms with Crippen molar-refractivity contribution in [1.29, 1.82) is 0 Å². The van der Waals surface area contributed by atoms with Gasteiger partial charge in [0, 0.05) is 25.1 Å². The second-order valence-electron chi connectivity index (χ2n) is 6.80. The normalized spacial score (nSPS) is 21.5. The number of aryl methyl sites for hydroxylation is 1. The summed E-state index contributed by atoms with van der Waals surface area (Å²) in [5.41, 5.74) is 1.51. The van der Waals surface area contributed by atoms with Gasteiger partial charge in [0.1, 0.15) is 5.82 Å². The molecule has 7 heteroatoms. The highest BCUT2D eigenvalue weighted by Gasteiger charge is 2.34. The van der Waals surface area contributed by atoms with Gasteiger partial charge in [-0.2, -0.15) is 5.10 Å². The largest absolute Gasteiger partial charge is 0.311 e. The Bertz CT molecular complexity index is 809. The van der Waals surface area contributed by atoms with Crippen molar-refractivity contribution in [2.75, 3.05) is 5.32 Å². The van der Waals surface area contributed by atoms with E-state index in [1.165, 1.54) is 19.3 Å². The van der Waals surface area contributed by atoms with Crippen LogP contribution in [-0.2, 0) is 11.3 Å². The second kappa shape index (κ2) is 5.96. The molecule has 1 amide bonds. The van der Waals surface area contributed by atoms with Crippen molar-refractivity contribution in [1.82, 2.24) is 19.6 Å². The number of anilines is 1. The maximum atomic E-state index is 12.6. The van der Waals surface area contributed by atoms with E-state index in [1.807, 2.05) is 22.5 Å². The zero-order chi connectivity index (χ0) is 16.7. The molecule has 1 saturated carbocycles. The lowest BCUT2D eigenvalue weighted by Gasteiger charge is -2.27. The molecule has 0 aromatic carbocycles. The van der Waals surface area contributed by atoms with Crippen molar-refractivity contribution >= 4 is 11.7 Å². The topological polar surface area (TPSA) is 84.7 Å². The molecule has 2 aromatic heterocycles. The van der Waals surface area contributed by atoms with Crippen LogP contribution >= 0.6 is 0 Å². The number of amides is 1. The van der Waals surface area contributed by atoms with Crippen molar-refractivity contribution in [3.05, 3.63) is 33.9 Å². The molecule has 4 rings (SSSR count). The lowest BCUT2D eigenvalue weighted by atomic mass is 9.89. The van der Waals surface area contributed by atoms with E-state index >= 15 is 0 Å². The number of aromatic nitrogens is 4. The summed E-state index contributed by atoms with van der Waals surface area (Å²) in [7, 11) is 0. The molecule has 0 radical (unpaired) electrons. The third-order valence-corrected chi connectivity index (χ3v) is 5.28. The molecule has 1 fully saturated rings. The first-order valence-electron chi connectivity index (χ1n) is 8.84. The first-order chi connectivity index (χ1) is 11.7. The van der Waals surface area contributed by atoms with E-state index in [2.05, 4.69) is 15.5 Å². The van der Waals surface area contributed by atoms with Gasteiger partial charge in [0.2, 0.25) is 5.91 Å². The molecule has 0 saturated heterocycles. The summed E-state index contributed by atoms with van der Waals surface area (Å²) in [4.78, 5) is 24.9. The monoisotopic (exact) mass is 329 g/mol. The Morgan fingerprint density at radius 1 is 1.25 bits per heavy atom. The third-order valence-electron chi connectivity index (χ3n) is 5.28. The predicted molar refractivity (Wildman–Crippen MR) is 90.2 cm³/mol. The summed E-state index contributed by atoms with van der Waals surface area (Å²) in [6.07, 6.45) is 9.67. The zero-order valence-electron chi connectivity index (χ0n) is 13.9. The van der Waals surface area contributed by atoms with Crippen molar-refractivity contribution in [3.8, 4) is 0 Å². The van der Waals surface area contributed by atoms with Gasteiger partial charge in [0.05, 0.1) is 17.8 Å². The van der Waals surface area contributed by atoms with Gasteiger partial charge in [-0.3, -0.25) is 24.1 Å². The van der Waals surface area contributed by atoms with E-state index in [-0.39, 0.29) is 23.4 Å². The van der Waals surface area contributed by atoms with Crippen LogP contribution in [0.2, 0.25) is 0 Å². The van der Waals surface area contributed by atoms with Crippen molar-refractivity contribution in [3.63, 3.8) is 0 Å². The van der Waals surface area contributed by atoms with Gasteiger partial charge in [-0.25, -0.2) is 0 Å². The summed E-state index contributed by atoms with van der Waals surface area (Å²) in [5.74, 6) is 0.403. The first kappa shape index (κ1) is 15.2. The SMILES string of the molecule is CCn1cc(C2CC(=O)Nc3c2c(=O)[nH]n3C2CCCCC2)cn1. The van der Waals surface area contributed by atoms with Gasteiger partial charge >= 0.3 is 0 Å². The van der Waals surface area contributed by atoms with Crippen LogP contribution in [0.4, 0.5) is 5.82 Å². The number of fused-ring (bicyclic) bond motifs is 1. The minimum Gasteiger partial charge on any atom is -0.311 e. The number of carbonyl (C=O) groups excluding carboxylic acids is 1. The molecule has 1 aliphatic heterocycles. The van der Waals surface area contributed by atoms with E-state index in [4.69, 9.17) is 0 Å². The molecule has 1 unspecified atom stereocenters. The van der Waals surface area contributed by atoms with Gasteiger partial charge in [0.15, 0.2) is 0 Å². The number of hydrogen-bond donors (Lipinski definition) is 2. The maximum absolute atomic E-state index is 12.6. The standard InChI is InChI=1S/C17H23N5O2/c1-2-21-10-11(9-18-21)13-8-14(23)19-16-15(13)17(24)20-22(16)12-6-4-3-5-7-12/h9-10,12-13H,2-8H2,1H3,(H,19,23)(H,20,24). The highest BCUT2D eigenvalue weighted by Crippen LogP contribution is 2.38. The minimum absolute atomic E-state index is 0.0414. The molecule has 24 heavy (non-hydrogen) atoms. The third kappa shape index (κ3) is 2.48. The summed E-state index contributed by atoms with van der Waals surface area (Å²) < 4.78 is 3.74. The van der Waals surface area contributed by atoms with E-state index in [9.17, 15) is 9.59 Å². The molecule has 2 aromatic rings. The second-order valence-corrected chi connectivity index (χ2v) is 6.80. The number of nitrogens with one attached hydrogen (secondary N) is 2. The molecule has 2 N–H and O–H groups in total. The lowest BCUT2D eigenvalue weighted by molar-refractivity contribution is -0.116. The summed E-state index contributed by atoms with van der Waals surface area (Å²) in [6.45, 7) is 2.79. The molecule has 2 aliphatic rings. The Morgan fingerprint density at radius 3 is 2.75 bits per heavy atom.